The van der Waals surface area contributed by atoms with Gasteiger partial charge >= 0.3 is 5.97 Å². The molecular formula is C12H18O9. The summed E-state index contributed by atoms with van der Waals surface area (Å²) in [5.41, 5.74) is -2.98. The molecule has 0 fully saturated rings. The molecule has 120 valence electrons. The van der Waals surface area contributed by atoms with Crippen molar-refractivity contribution in [2.24, 2.45) is 0 Å². The van der Waals surface area contributed by atoms with Crippen molar-refractivity contribution in [2.45, 2.75) is 44.7 Å². The van der Waals surface area contributed by atoms with Crippen LogP contribution in [0.25, 0.3) is 0 Å². The van der Waals surface area contributed by atoms with Gasteiger partial charge in [0.1, 0.15) is 18.3 Å². The fraction of sp³-hybridized carbons (Fsp3) is 0.667. The lowest BCUT2D eigenvalue weighted by Crippen LogP contribution is -2.65. The predicted molar refractivity (Wildman–Crippen MR) is 66.0 cm³/mol. The fourth-order valence-corrected chi connectivity index (χ4v) is 1.73. The second-order valence-electron chi connectivity index (χ2n) is 4.46. The lowest BCUT2D eigenvalue weighted by molar-refractivity contribution is -0.197. The van der Waals surface area contributed by atoms with E-state index in [0.717, 1.165) is 20.8 Å². The molecule has 0 aliphatic rings. The minimum Gasteiger partial charge on any atom is -0.440 e. The molecule has 0 bridgehead atoms. The maximum Gasteiger partial charge on any atom is 0.304 e. The molecule has 0 amide bonds. The van der Waals surface area contributed by atoms with Gasteiger partial charge in [-0.25, -0.2) is 0 Å². The maximum atomic E-state index is 11.9. The molecule has 0 spiro atoms. The molecule has 3 unspecified atom stereocenters. The van der Waals surface area contributed by atoms with Crippen LogP contribution in [0.3, 0.4) is 0 Å². The molecule has 0 saturated heterocycles. The van der Waals surface area contributed by atoms with Crippen molar-refractivity contribution in [1.29, 1.82) is 0 Å². The SMILES string of the molecule is CC(=O)O[C@@](C(C)=O)(C(=O)C(C)=O)C(O)C(O)C(O)CO. The highest BCUT2D eigenvalue weighted by Crippen LogP contribution is 2.24. The second-order valence-corrected chi connectivity index (χ2v) is 4.46. The number of ether oxygens (including phenoxy) is 1. The highest BCUT2D eigenvalue weighted by molar-refractivity contribution is 6.44. The van der Waals surface area contributed by atoms with Gasteiger partial charge in [-0.15, -0.1) is 0 Å². The Hall–Kier alpha value is -1.68. The van der Waals surface area contributed by atoms with Gasteiger partial charge < -0.3 is 25.2 Å². The Labute approximate surface area is 120 Å². The van der Waals surface area contributed by atoms with Crippen LogP contribution in [0, 0.1) is 0 Å². The zero-order chi connectivity index (χ0) is 17.0. The molecule has 0 saturated carbocycles. The first-order valence-corrected chi connectivity index (χ1v) is 5.93. The van der Waals surface area contributed by atoms with Crippen molar-refractivity contribution < 1.29 is 44.3 Å². The number of carbonyl (C=O) groups excluding carboxylic acids is 4. The number of Topliss-reactive ketones (excluding diaryl/α,β-unsaturated/α-hetero) is 3. The molecule has 0 aliphatic heterocycles. The van der Waals surface area contributed by atoms with Gasteiger partial charge in [-0.3, -0.25) is 19.2 Å². The number of carbonyl (C=O) groups is 4. The highest BCUT2D eigenvalue weighted by Gasteiger charge is 2.57. The van der Waals surface area contributed by atoms with Gasteiger partial charge in [0.15, 0.2) is 11.6 Å². The largest absolute Gasteiger partial charge is 0.440 e. The molecule has 21 heavy (non-hydrogen) atoms. The zero-order valence-electron chi connectivity index (χ0n) is 11.8. The molecule has 9 nitrogen and oxygen atoms in total. The smallest absolute Gasteiger partial charge is 0.304 e. The van der Waals surface area contributed by atoms with E-state index < -0.39 is 53.8 Å². The Morgan fingerprint density at radius 2 is 1.52 bits per heavy atom. The minimum absolute atomic E-state index is 0.769. The molecular weight excluding hydrogens is 288 g/mol. The molecule has 9 heteroatoms. The molecule has 4 atom stereocenters. The number of aliphatic hydroxyl groups is 4. The Morgan fingerprint density at radius 3 is 1.81 bits per heavy atom. The predicted octanol–water partition coefficient (Wildman–Crippen LogP) is -2.89. The monoisotopic (exact) mass is 306 g/mol. The van der Waals surface area contributed by atoms with E-state index >= 15 is 0 Å². The third-order valence-electron chi connectivity index (χ3n) is 2.81. The third kappa shape index (κ3) is 3.91. The molecule has 0 aromatic rings. The van der Waals surface area contributed by atoms with Gasteiger partial charge in [0.05, 0.1) is 6.61 Å². The molecule has 0 aromatic heterocycles. The first-order chi connectivity index (χ1) is 9.52. The topological polar surface area (TPSA) is 158 Å². The number of rotatable bonds is 8. The normalized spacial score (nSPS) is 18.0. The number of hydrogen-bond donors (Lipinski definition) is 4. The first kappa shape index (κ1) is 19.3. The van der Waals surface area contributed by atoms with Crippen LogP contribution in [0.15, 0.2) is 0 Å². The van der Waals surface area contributed by atoms with E-state index in [-0.39, 0.29) is 0 Å². The fourth-order valence-electron chi connectivity index (χ4n) is 1.73. The minimum atomic E-state index is -2.98. The third-order valence-corrected chi connectivity index (χ3v) is 2.81. The summed E-state index contributed by atoms with van der Waals surface area (Å²) in [7, 11) is 0. The van der Waals surface area contributed by atoms with E-state index in [2.05, 4.69) is 4.74 Å². The van der Waals surface area contributed by atoms with Crippen LogP contribution in [-0.2, 0) is 23.9 Å². The van der Waals surface area contributed by atoms with Gasteiger partial charge in [0.2, 0.25) is 0 Å². The standard InChI is InChI=1S/C12H18O9/c1-5(14)10(19)12(6(2)15,21-7(3)16)11(20)9(18)8(17)4-13/h8-9,11,13,17-18,20H,4H2,1-3H3/t8?,9?,11?,12-/m0/s1. The maximum absolute atomic E-state index is 11.9. The van der Waals surface area contributed by atoms with E-state index in [4.69, 9.17) is 5.11 Å². The van der Waals surface area contributed by atoms with E-state index in [1.165, 1.54) is 0 Å². The van der Waals surface area contributed by atoms with Crippen LogP contribution in [-0.4, -0.2) is 74.3 Å². The van der Waals surface area contributed by atoms with E-state index in [1.807, 2.05) is 0 Å². The number of ketones is 3. The number of hydrogen-bond acceptors (Lipinski definition) is 9. The van der Waals surface area contributed by atoms with E-state index in [9.17, 15) is 34.5 Å². The number of aliphatic hydroxyl groups excluding tert-OH is 4. The molecule has 0 aromatic carbocycles. The summed E-state index contributed by atoms with van der Waals surface area (Å²) >= 11 is 0. The summed E-state index contributed by atoms with van der Waals surface area (Å²) in [6, 6.07) is 0. The molecule has 4 N–H and O–H groups in total. The van der Waals surface area contributed by atoms with Gasteiger partial charge in [-0.1, -0.05) is 0 Å². The summed E-state index contributed by atoms with van der Waals surface area (Å²) in [6.45, 7) is 1.38. The van der Waals surface area contributed by atoms with Gasteiger partial charge in [-0.2, -0.15) is 0 Å². The highest BCUT2D eigenvalue weighted by atomic mass is 16.6. The zero-order valence-corrected chi connectivity index (χ0v) is 11.8. The summed E-state index contributed by atoms with van der Waals surface area (Å²) in [4.78, 5) is 46.0. The Morgan fingerprint density at radius 1 is 1.05 bits per heavy atom. The molecule has 0 aliphatic carbocycles. The van der Waals surface area contributed by atoms with Crippen molar-refractivity contribution in [3.63, 3.8) is 0 Å². The summed E-state index contributed by atoms with van der Waals surface area (Å²) in [6.07, 6.45) is -6.56. The van der Waals surface area contributed by atoms with Crippen molar-refractivity contribution in [2.75, 3.05) is 6.61 Å². The summed E-state index contributed by atoms with van der Waals surface area (Å²) in [5.74, 6) is -5.13. The van der Waals surface area contributed by atoms with Crippen molar-refractivity contribution in [3.05, 3.63) is 0 Å². The molecule has 0 rings (SSSR count). The van der Waals surface area contributed by atoms with Gasteiger partial charge in [-0.05, 0) is 6.92 Å². The molecule has 0 heterocycles. The quantitative estimate of drug-likeness (QED) is 0.210. The summed E-state index contributed by atoms with van der Waals surface area (Å²) < 4.78 is 4.54. The van der Waals surface area contributed by atoms with Crippen LogP contribution in [0.4, 0.5) is 0 Å². The lowest BCUT2D eigenvalue weighted by atomic mass is 9.81. The first-order valence-electron chi connectivity index (χ1n) is 5.93. The van der Waals surface area contributed by atoms with Crippen molar-refractivity contribution in [1.82, 2.24) is 0 Å². The van der Waals surface area contributed by atoms with Crippen molar-refractivity contribution >= 4 is 23.3 Å². The summed E-state index contributed by atoms with van der Waals surface area (Å²) in [5, 5.41) is 37.6. The van der Waals surface area contributed by atoms with Crippen LogP contribution in [0.5, 0.6) is 0 Å². The molecule has 0 radical (unpaired) electrons. The Balaban J connectivity index is 5.99. The van der Waals surface area contributed by atoms with Crippen LogP contribution in [0.1, 0.15) is 20.8 Å². The van der Waals surface area contributed by atoms with Crippen molar-refractivity contribution in [3.8, 4) is 0 Å². The van der Waals surface area contributed by atoms with Crippen LogP contribution in [0.2, 0.25) is 0 Å². The van der Waals surface area contributed by atoms with E-state index in [1.54, 1.807) is 0 Å². The lowest BCUT2D eigenvalue weighted by Gasteiger charge is -2.36. The average Bonchev–Trinajstić information content (AvgIpc) is 2.40. The van der Waals surface area contributed by atoms with Crippen LogP contribution >= 0.6 is 0 Å². The number of esters is 1. The van der Waals surface area contributed by atoms with E-state index in [0.29, 0.717) is 0 Å². The van der Waals surface area contributed by atoms with Gasteiger partial charge in [0, 0.05) is 13.8 Å². The Kier molecular flexibility index (Phi) is 6.77. The Bertz CT molecular complexity index is 444. The average molecular weight is 306 g/mol. The van der Waals surface area contributed by atoms with Gasteiger partial charge in [0.25, 0.3) is 11.4 Å². The second kappa shape index (κ2) is 7.36. The van der Waals surface area contributed by atoms with Crippen LogP contribution < -0.4 is 0 Å².